The van der Waals surface area contributed by atoms with Gasteiger partial charge in [-0.2, -0.15) is 0 Å². The van der Waals surface area contributed by atoms with E-state index in [2.05, 4.69) is 31.2 Å². The predicted molar refractivity (Wildman–Crippen MR) is 66.2 cm³/mol. The van der Waals surface area contributed by atoms with Crippen LogP contribution in [0.2, 0.25) is 0 Å². The Bertz CT molecular complexity index is 312. The van der Waals surface area contributed by atoms with E-state index >= 15 is 0 Å². The highest BCUT2D eigenvalue weighted by Gasteiger charge is 2.16. The molecule has 0 saturated carbocycles. The maximum absolute atomic E-state index is 9.00. The fraction of sp³-hybridized carbons (Fsp3) is 0.500. The first-order valence-electron chi connectivity index (χ1n) is 5.13. The van der Waals surface area contributed by atoms with Gasteiger partial charge < -0.3 is 10.8 Å². The highest BCUT2D eigenvalue weighted by molar-refractivity contribution is 7.99. The normalized spacial score (nSPS) is 14.9. The molecule has 3 N–H and O–H groups in total. The molecule has 2 nitrogen and oxygen atoms in total. The number of benzene rings is 1. The number of aliphatic hydroxyl groups is 1. The third kappa shape index (κ3) is 4.69. The molecule has 0 aliphatic rings. The second kappa shape index (κ2) is 5.54. The zero-order valence-electron chi connectivity index (χ0n) is 9.36. The van der Waals surface area contributed by atoms with Gasteiger partial charge in [0.15, 0.2) is 0 Å². The van der Waals surface area contributed by atoms with Gasteiger partial charge in [0.1, 0.15) is 0 Å². The van der Waals surface area contributed by atoms with Gasteiger partial charge in [0.05, 0.1) is 6.61 Å². The molecule has 3 heteroatoms. The first-order chi connectivity index (χ1) is 7.03. The van der Waals surface area contributed by atoms with Crippen LogP contribution in [0, 0.1) is 6.92 Å². The largest absolute Gasteiger partial charge is 0.394 e. The molecule has 0 bridgehead atoms. The Kier molecular flexibility index (Phi) is 4.64. The lowest BCUT2D eigenvalue weighted by Crippen LogP contribution is -2.40. The van der Waals surface area contributed by atoms with E-state index in [0.717, 1.165) is 12.2 Å². The number of rotatable bonds is 5. The minimum Gasteiger partial charge on any atom is -0.394 e. The fourth-order valence-electron chi connectivity index (χ4n) is 1.19. The molecule has 15 heavy (non-hydrogen) atoms. The van der Waals surface area contributed by atoms with Crippen molar-refractivity contribution in [2.45, 2.75) is 30.7 Å². The number of aliphatic hydroxyl groups excluding tert-OH is 1. The molecule has 1 atom stereocenters. The lowest BCUT2D eigenvalue weighted by molar-refractivity contribution is 0.206. The molecule has 1 unspecified atom stereocenters. The molecule has 0 amide bonds. The summed E-state index contributed by atoms with van der Waals surface area (Å²) in [7, 11) is 0. The summed E-state index contributed by atoms with van der Waals surface area (Å²) < 4.78 is 0. The Morgan fingerprint density at radius 3 is 2.80 bits per heavy atom. The lowest BCUT2D eigenvalue weighted by Gasteiger charge is -2.20. The molecule has 0 radical (unpaired) electrons. The van der Waals surface area contributed by atoms with E-state index in [-0.39, 0.29) is 6.61 Å². The van der Waals surface area contributed by atoms with E-state index in [0.29, 0.717) is 0 Å². The van der Waals surface area contributed by atoms with Gasteiger partial charge >= 0.3 is 0 Å². The average Bonchev–Trinajstić information content (AvgIpc) is 2.18. The number of hydrogen-bond acceptors (Lipinski definition) is 3. The molecular weight excluding hydrogens is 206 g/mol. The number of thioether (sulfide) groups is 1. The third-order valence-corrected chi connectivity index (χ3v) is 3.29. The fourth-order valence-corrected chi connectivity index (χ4v) is 2.43. The molecule has 0 fully saturated rings. The third-order valence-electron chi connectivity index (χ3n) is 2.29. The number of aryl methyl sites for hydroxylation is 1. The monoisotopic (exact) mass is 225 g/mol. The van der Waals surface area contributed by atoms with E-state index in [9.17, 15) is 0 Å². The quantitative estimate of drug-likeness (QED) is 0.755. The molecule has 0 aliphatic heterocycles. The number of nitrogens with two attached hydrogens (primary N) is 1. The Morgan fingerprint density at radius 2 is 2.20 bits per heavy atom. The Balaban J connectivity index is 2.38. The van der Waals surface area contributed by atoms with Crippen LogP contribution in [0.3, 0.4) is 0 Å². The zero-order chi connectivity index (χ0) is 11.3. The van der Waals surface area contributed by atoms with Gasteiger partial charge in [-0.1, -0.05) is 17.7 Å². The summed E-state index contributed by atoms with van der Waals surface area (Å²) in [5, 5.41) is 9.00. The van der Waals surface area contributed by atoms with Gasteiger partial charge in [0.2, 0.25) is 0 Å². The summed E-state index contributed by atoms with van der Waals surface area (Å²) in [5.74, 6) is 0.941. The topological polar surface area (TPSA) is 46.2 Å². The van der Waals surface area contributed by atoms with Crippen LogP contribution in [0.15, 0.2) is 29.2 Å². The van der Waals surface area contributed by atoms with Crippen molar-refractivity contribution in [2.24, 2.45) is 5.73 Å². The highest BCUT2D eigenvalue weighted by Crippen LogP contribution is 2.21. The van der Waals surface area contributed by atoms with Crippen LogP contribution in [0.5, 0.6) is 0 Å². The van der Waals surface area contributed by atoms with Crippen molar-refractivity contribution in [3.8, 4) is 0 Å². The van der Waals surface area contributed by atoms with Crippen molar-refractivity contribution in [2.75, 3.05) is 12.4 Å². The van der Waals surface area contributed by atoms with Crippen molar-refractivity contribution in [3.63, 3.8) is 0 Å². The van der Waals surface area contributed by atoms with E-state index in [4.69, 9.17) is 10.8 Å². The van der Waals surface area contributed by atoms with Crippen LogP contribution >= 0.6 is 11.8 Å². The maximum Gasteiger partial charge on any atom is 0.0608 e. The molecule has 84 valence electrons. The highest BCUT2D eigenvalue weighted by atomic mass is 32.2. The van der Waals surface area contributed by atoms with Gasteiger partial charge in [-0.3, -0.25) is 0 Å². The van der Waals surface area contributed by atoms with Crippen LogP contribution in [-0.2, 0) is 0 Å². The maximum atomic E-state index is 9.00. The lowest BCUT2D eigenvalue weighted by atomic mass is 10.0. The second-order valence-corrected chi connectivity index (χ2v) is 5.40. The molecule has 0 aliphatic carbocycles. The average molecular weight is 225 g/mol. The molecule has 0 heterocycles. The Labute approximate surface area is 95.9 Å². The molecule has 0 spiro atoms. The molecule has 1 aromatic rings. The van der Waals surface area contributed by atoms with Crippen molar-refractivity contribution < 1.29 is 5.11 Å². The minimum absolute atomic E-state index is 0.0430. The summed E-state index contributed by atoms with van der Waals surface area (Å²) >= 11 is 1.79. The van der Waals surface area contributed by atoms with Crippen LogP contribution < -0.4 is 5.73 Å². The number of hydrogen-bond donors (Lipinski definition) is 2. The van der Waals surface area contributed by atoms with Crippen LogP contribution in [0.1, 0.15) is 18.9 Å². The molecule has 1 rings (SSSR count). The Morgan fingerprint density at radius 1 is 1.47 bits per heavy atom. The summed E-state index contributed by atoms with van der Waals surface area (Å²) in [5.41, 5.74) is 6.67. The van der Waals surface area contributed by atoms with Crippen LogP contribution in [0.25, 0.3) is 0 Å². The van der Waals surface area contributed by atoms with Crippen LogP contribution in [0.4, 0.5) is 0 Å². The SMILES string of the molecule is Cc1cccc(SCCC(C)(N)CO)c1. The summed E-state index contributed by atoms with van der Waals surface area (Å²) in [6.07, 6.45) is 0.822. The van der Waals surface area contributed by atoms with Gasteiger partial charge in [-0.25, -0.2) is 0 Å². The predicted octanol–water partition coefficient (Wildman–Crippen LogP) is 2.19. The molecule has 1 aromatic carbocycles. The standard InChI is InChI=1S/C12H19NOS/c1-10-4-3-5-11(8-10)15-7-6-12(2,13)9-14/h3-5,8,14H,6-7,9,13H2,1-2H3. The first kappa shape index (κ1) is 12.6. The van der Waals surface area contributed by atoms with Crippen molar-refractivity contribution >= 4 is 11.8 Å². The van der Waals surface area contributed by atoms with Gasteiger partial charge in [-0.05, 0) is 38.2 Å². The Hall–Kier alpha value is -0.510. The van der Waals surface area contributed by atoms with Crippen molar-refractivity contribution in [3.05, 3.63) is 29.8 Å². The zero-order valence-corrected chi connectivity index (χ0v) is 10.2. The molecule has 0 aromatic heterocycles. The first-order valence-corrected chi connectivity index (χ1v) is 6.11. The molecular formula is C12H19NOS. The molecule has 0 saturated heterocycles. The van der Waals surface area contributed by atoms with E-state index in [1.54, 1.807) is 11.8 Å². The van der Waals surface area contributed by atoms with Crippen molar-refractivity contribution in [1.82, 2.24) is 0 Å². The van der Waals surface area contributed by atoms with E-state index < -0.39 is 5.54 Å². The summed E-state index contributed by atoms with van der Waals surface area (Å²) in [4.78, 5) is 1.27. The van der Waals surface area contributed by atoms with E-state index in [1.165, 1.54) is 10.5 Å². The summed E-state index contributed by atoms with van der Waals surface area (Å²) in [6.45, 7) is 4.01. The van der Waals surface area contributed by atoms with Crippen LogP contribution in [-0.4, -0.2) is 23.0 Å². The van der Waals surface area contributed by atoms with Gasteiger partial charge in [0.25, 0.3) is 0 Å². The minimum atomic E-state index is -0.448. The summed E-state index contributed by atoms with van der Waals surface area (Å²) in [6, 6.07) is 8.41. The van der Waals surface area contributed by atoms with Crippen molar-refractivity contribution in [1.29, 1.82) is 0 Å². The smallest absolute Gasteiger partial charge is 0.0608 e. The second-order valence-electron chi connectivity index (χ2n) is 4.23. The van der Waals surface area contributed by atoms with E-state index in [1.807, 2.05) is 6.92 Å². The van der Waals surface area contributed by atoms with Gasteiger partial charge in [0, 0.05) is 10.4 Å². The van der Waals surface area contributed by atoms with Gasteiger partial charge in [-0.15, -0.1) is 11.8 Å².